The maximum atomic E-state index is 10.5. The van der Waals surface area contributed by atoms with Gasteiger partial charge in [0.25, 0.3) is 0 Å². The number of hydrogen-bond acceptors (Lipinski definition) is 1. The molecule has 0 saturated heterocycles. The van der Waals surface area contributed by atoms with Crippen LogP contribution >= 0.6 is 0 Å². The predicted octanol–water partition coefficient (Wildman–Crippen LogP) is 49.5. The lowest BCUT2D eigenvalue weighted by Gasteiger charge is -1.95. The van der Waals surface area contributed by atoms with Gasteiger partial charge in [0.05, 0.1) is 0 Å². The summed E-state index contributed by atoms with van der Waals surface area (Å²) in [6.45, 7) is 84.2. The van der Waals surface area contributed by atoms with Crippen LogP contribution in [0.5, 0.6) is 0 Å². The molecule has 0 aromatic heterocycles. The SMILES string of the molecule is CCCCCC.CCCCCC.CCCCCC.CCCCCC.CCCCCC.CCCCCC.CCCCCC.CCCCCC.CCCCCC.CCCCCC.CCCCCC.CCCCCC.CCCCCC.CCCCCC.CCCCCC.CCCCCC.CCCCCC.CCCCCC.CCCCCCCC(C)=O. The van der Waals surface area contributed by atoms with Gasteiger partial charge in [0, 0.05) is 6.42 Å². The van der Waals surface area contributed by atoms with Gasteiger partial charge in [-0.1, -0.05) is 744 Å². The van der Waals surface area contributed by atoms with Gasteiger partial charge in [0.1, 0.15) is 5.78 Å². The average molecular weight is 1690 g/mol. The fourth-order valence-electron chi connectivity index (χ4n) is 9.98. The Hall–Kier alpha value is -0.330. The highest BCUT2D eigenvalue weighted by Crippen LogP contribution is 2.07. The molecule has 0 radical (unpaired) electrons. The molecule has 0 aromatic rings. The normalized spacial score (nSPS) is 9.07. The molecule has 0 heterocycles. The summed E-state index contributed by atoms with van der Waals surface area (Å²) in [7, 11) is 0. The molecule has 0 aliphatic carbocycles. The molecule has 0 aliphatic heterocycles. The standard InChI is InChI=1S/C9H18O.18C6H14/c1-3-4-5-6-7-8-9(2)10;18*1-3-5-6-4-2/h3-8H2,1-2H3;18*3-6H2,1-2H3. The van der Waals surface area contributed by atoms with Gasteiger partial charge in [-0.25, -0.2) is 0 Å². The van der Waals surface area contributed by atoms with Crippen LogP contribution in [-0.2, 0) is 4.79 Å². The van der Waals surface area contributed by atoms with Crippen molar-refractivity contribution in [3.8, 4) is 0 Å². The lowest BCUT2D eigenvalue weighted by atomic mass is 10.1. The van der Waals surface area contributed by atoms with Gasteiger partial charge >= 0.3 is 0 Å². The molecule has 0 aromatic carbocycles. The third-order valence-electron chi connectivity index (χ3n) is 18.9. The van der Waals surface area contributed by atoms with Crippen molar-refractivity contribution in [2.24, 2.45) is 0 Å². The van der Waals surface area contributed by atoms with Crippen LogP contribution in [0.4, 0.5) is 0 Å². The van der Waals surface area contributed by atoms with Crippen molar-refractivity contribution in [2.75, 3.05) is 0 Å². The van der Waals surface area contributed by atoms with E-state index in [4.69, 9.17) is 0 Å². The van der Waals surface area contributed by atoms with Crippen LogP contribution in [0.3, 0.4) is 0 Å². The highest BCUT2D eigenvalue weighted by Gasteiger charge is 1.93. The summed E-state index contributed by atoms with van der Waals surface area (Å²) in [6, 6.07) is 0. The van der Waals surface area contributed by atoms with E-state index in [9.17, 15) is 4.79 Å². The Labute approximate surface area is 769 Å². The van der Waals surface area contributed by atoms with E-state index < -0.39 is 0 Å². The molecule has 0 unspecified atom stereocenters. The first-order valence-electron chi connectivity index (χ1n) is 56.7. The molecule has 0 bridgehead atoms. The summed E-state index contributed by atoms with van der Waals surface area (Å²) in [6.07, 6.45) is 107. The van der Waals surface area contributed by atoms with Crippen LogP contribution in [0, 0.1) is 0 Å². The van der Waals surface area contributed by atoms with E-state index in [1.54, 1.807) is 6.92 Å². The zero-order valence-electron chi connectivity index (χ0n) is 94.1. The molecule has 118 heavy (non-hydrogen) atoms. The van der Waals surface area contributed by atoms with Crippen molar-refractivity contribution in [1.82, 2.24) is 0 Å². The topological polar surface area (TPSA) is 17.1 Å². The molecule has 0 amide bonds. The number of carbonyl (C=O) groups is 1. The number of hydrogen-bond donors (Lipinski definition) is 0. The van der Waals surface area contributed by atoms with Gasteiger partial charge < -0.3 is 4.79 Å². The van der Waals surface area contributed by atoms with Crippen LogP contribution in [0.2, 0.25) is 0 Å². The van der Waals surface area contributed by atoms with Gasteiger partial charge in [-0.2, -0.15) is 0 Å². The van der Waals surface area contributed by atoms with Crippen molar-refractivity contribution in [2.45, 2.75) is 764 Å². The molecule has 0 spiro atoms. The molecule has 0 atom stereocenters. The second-order valence-corrected chi connectivity index (χ2v) is 33.6. The zero-order valence-corrected chi connectivity index (χ0v) is 94.1. The molecule has 0 saturated carbocycles. The number of Topliss-reactive ketones (excluding diaryl/α,β-unsaturated/α-hetero) is 1. The number of ketones is 1. The number of unbranched alkanes of at least 4 members (excludes halogenated alkanes) is 58. The Morgan fingerprint density at radius 3 is 0.195 bits per heavy atom. The predicted molar refractivity (Wildman–Crippen MR) is 581 cm³/mol. The Kier molecular flexibility index (Phi) is 334. The van der Waals surface area contributed by atoms with Crippen molar-refractivity contribution < 1.29 is 4.79 Å². The molecule has 1 nitrogen and oxygen atoms in total. The minimum Gasteiger partial charge on any atom is -0.300 e. The summed E-state index contributed by atoms with van der Waals surface area (Å²) < 4.78 is 0. The first kappa shape index (κ1) is 165. The van der Waals surface area contributed by atoms with Crippen LogP contribution in [0.25, 0.3) is 0 Å². The van der Waals surface area contributed by atoms with E-state index in [0.29, 0.717) is 5.78 Å². The molecule has 0 N–H and O–H groups in total. The Morgan fingerprint density at radius 1 is 0.0932 bits per heavy atom. The second-order valence-electron chi connectivity index (χ2n) is 33.6. The van der Waals surface area contributed by atoms with E-state index in [0.717, 1.165) is 12.8 Å². The monoisotopic (exact) mass is 1690 g/mol. The maximum Gasteiger partial charge on any atom is 0.129 e. The molecular formula is C117H270O. The minimum absolute atomic E-state index is 0.330. The van der Waals surface area contributed by atoms with Gasteiger partial charge in [0.2, 0.25) is 0 Å². The second kappa shape index (κ2) is 240. The molecule has 744 valence electrons. The lowest BCUT2D eigenvalue weighted by molar-refractivity contribution is -0.117. The summed E-state index contributed by atoms with van der Waals surface area (Å²) in [5.41, 5.74) is 0. The fraction of sp³-hybridized carbons (Fsp3) is 0.991. The fourth-order valence-corrected chi connectivity index (χ4v) is 9.98. The highest BCUT2D eigenvalue weighted by atomic mass is 16.1. The lowest BCUT2D eigenvalue weighted by Crippen LogP contribution is -1.88. The third kappa shape index (κ3) is 413. The molecule has 0 rings (SSSR count). The quantitative estimate of drug-likeness (QED) is 0.0555. The van der Waals surface area contributed by atoms with Gasteiger partial charge in [-0.3, -0.25) is 0 Å². The van der Waals surface area contributed by atoms with Crippen molar-refractivity contribution in [3.63, 3.8) is 0 Å². The Balaban J connectivity index is -0.0000000516. The summed E-state index contributed by atoms with van der Waals surface area (Å²) in [5.74, 6) is 0.330. The summed E-state index contributed by atoms with van der Waals surface area (Å²) in [4.78, 5) is 10.5. The Bertz CT molecular complexity index is 706. The van der Waals surface area contributed by atoms with Crippen LogP contribution in [-0.4, -0.2) is 5.78 Å². The van der Waals surface area contributed by atoms with E-state index in [1.807, 2.05) is 0 Å². The summed E-state index contributed by atoms with van der Waals surface area (Å²) in [5, 5.41) is 0. The van der Waals surface area contributed by atoms with E-state index >= 15 is 0 Å². The number of carbonyl (C=O) groups excluding carboxylic acids is 1. The van der Waals surface area contributed by atoms with Crippen LogP contribution < -0.4 is 0 Å². The van der Waals surface area contributed by atoms with E-state index in [2.05, 4.69) is 256 Å². The van der Waals surface area contributed by atoms with Crippen molar-refractivity contribution in [3.05, 3.63) is 0 Å². The first-order valence-corrected chi connectivity index (χ1v) is 56.7. The van der Waals surface area contributed by atoms with Crippen LogP contribution in [0.15, 0.2) is 0 Å². The van der Waals surface area contributed by atoms with Crippen molar-refractivity contribution >= 4 is 5.78 Å². The first-order chi connectivity index (χ1) is 57.2. The zero-order chi connectivity index (χ0) is 94.7. The van der Waals surface area contributed by atoms with Gasteiger partial charge in [0.15, 0.2) is 0 Å². The largest absolute Gasteiger partial charge is 0.300 e. The minimum atomic E-state index is 0.330. The average Bonchev–Trinajstić information content (AvgIpc) is 1.30. The van der Waals surface area contributed by atoms with Gasteiger partial charge in [-0.05, 0) is 13.3 Å². The molecule has 0 aliphatic rings. The van der Waals surface area contributed by atoms with Crippen molar-refractivity contribution in [1.29, 1.82) is 0 Å². The molecule has 1 heteroatoms. The van der Waals surface area contributed by atoms with E-state index in [-0.39, 0.29) is 0 Å². The third-order valence-corrected chi connectivity index (χ3v) is 18.9. The Morgan fingerprint density at radius 2 is 0.144 bits per heavy atom. The maximum absolute atomic E-state index is 10.5. The molecular weight excluding hydrogens is 1420 g/mol. The van der Waals surface area contributed by atoms with E-state index in [1.165, 1.54) is 488 Å². The van der Waals surface area contributed by atoms with Gasteiger partial charge in [-0.15, -0.1) is 0 Å². The molecule has 0 fully saturated rings. The summed E-state index contributed by atoms with van der Waals surface area (Å²) >= 11 is 0. The number of rotatable bonds is 60. The highest BCUT2D eigenvalue weighted by molar-refractivity contribution is 5.75. The smallest absolute Gasteiger partial charge is 0.129 e. The van der Waals surface area contributed by atoms with Crippen LogP contribution in [0.1, 0.15) is 764 Å².